The number of benzene rings is 2. The molecule has 0 aliphatic carbocycles. The van der Waals surface area contributed by atoms with Gasteiger partial charge in [-0.1, -0.05) is 66.7 Å². The first kappa shape index (κ1) is 31.7. The molecule has 1 heterocycles. The Morgan fingerprint density at radius 2 is 1.58 bits per heavy atom. The van der Waals surface area contributed by atoms with E-state index in [0.717, 1.165) is 60.5 Å². The van der Waals surface area contributed by atoms with E-state index in [9.17, 15) is 5.11 Å². The van der Waals surface area contributed by atoms with Crippen LogP contribution in [0.1, 0.15) is 84.5 Å². The van der Waals surface area contributed by atoms with E-state index in [4.69, 9.17) is 14.1 Å². The maximum absolute atomic E-state index is 11.1. The highest BCUT2D eigenvalue weighted by atomic mass is 35.5. The predicted octanol–water partition coefficient (Wildman–Crippen LogP) is 8.18. The van der Waals surface area contributed by atoms with Gasteiger partial charge in [-0.15, -0.1) is 12.4 Å². The van der Waals surface area contributed by atoms with Crippen LogP contribution < -0.4 is 4.74 Å². The van der Waals surface area contributed by atoms with E-state index in [0.29, 0.717) is 18.1 Å². The van der Waals surface area contributed by atoms with E-state index in [1.807, 2.05) is 42.5 Å². The summed E-state index contributed by atoms with van der Waals surface area (Å²) in [6, 6.07) is 14.0. The van der Waals surface area contributed by atoms with Crippen molar-refractivity contribution in [3.05, 3.63) is 65.5 Å². The number of halogens is 1. The van der Waals surface area contributed by atoms with Crippen LogP contribution in [0.25, 0.3) is 11.5 Å². The third-order valence-electron chi connectivity index (χ3n) is 6.86. The van der Waals surface area contributed by atoms with E-state index in [-0.39, 0.29) is 29.3 Å². The number of oxazole rings is 1. The molecular formula is C32H47ClN2O3. The Bertz CT molecular complexity index is 1090. The number of aromatic nitrogens is 1. The summed E-state index contributed by atoms with van der Waals surface area (Å²) in [6.07, 6.45) is 5.63. The van der Waals surface area contributed by atoms with Crippen molar-refractivity contribution >= 4 is 12.4 Å². The smallest absolute Gasteiger partial charge is 0.226 e. The van der Waals surface area contributed by atoms with E-state index in [1.54, 1.807) is 6.26 Å². The lowest BCUT2D eigenvalue weighted by Crippen LogP contribution is -2.22. The number of nitrogens with zero attached hydrogens (tertiary/aromatic N) is 2. The van der Waals surface area contributed by atoms with Gasteiger partial charge >= 0.3 is 0 Å². The van der Waals surface area contributed by atoms with Gasteiger partial charge in [0.05, 0.1) is 5.69 Å². The molecule has 38 heavy (non-hydrogen) atoms. The van der Waals surface area contributed by atoms with Crippen molar-refractivity contribution < 1.29 is 14.3 Å². The molecule has 5 nitrogen and oxygen atoms in total. The lowest BCUT2D eigenvalue weighted by molar-refractivity contribution is 0.184. The van der Waals surface area contributed by atoms with E-state index < -0.39 is 0 Å². The molecule has 0 saturated carbocycles. The second-order valence-corrected chi connectivity index (χ2v) is 12.2. The van der Waals surface area contributed by atoms with Gasteiger partial charge < -0.3 is 19.2 Å². The Balaban J connectivity index is 0.00000507. The molecule has 1 N–H and O–H groups in total. The zero-order chi connectivity index (χ0) is 27.2. The molecule has 1 atom stereocenters. The van der Waals surface area contributed by atoms with Gasteiger partial charge in [0.25, 0.3) is 0 Å². The van der Waals surface area contributed by atoms with Gasteiger partial charge in [0.2, 0.25) is 5.89 Å². The molecule has 2 aromatic carbocycles. The molecule has 0 radical (unpaired) electrons. The van der Waals surface area contributed by atoms with Crippen LogP contribution in [0.2, 0.25) is 0 Å². The fraction of sp³-hybridized carbons (Fsp3) is 0.531. The summed E-state index contributed by atoms with van der Waals surface area (Å²) >= 11 is 0. The van der Waals surface area contributed by atoms with Gasteiger partial charge in [-0.25, -0.2) is 4.98 Å². The fourth-order valence-corrected chi connectivity index (χ4v) is 4.47. The molecule has 1 unspecified atom stereocenters. The summed E-state index contributed by atoms with van der Waals surface area (Å²) in [5.74, 6) is 1.82. The normalized spacial score (nSPS) is 12.9. The molecule has 210 valence electrons. The Kier molecular flexibility index (Phi) is 11.3. The summed E-state index contributed by atoms with van der Waals surface area (Å²) in [7, 11) is 2.16. The number of rotatable bonds is 11. The van der Waals surface area contributed by atoms with Gasteiger partial charge in [-0.2, -0.15) is 0 Å². The molecule has 0 aliphatic heterocycles. The molecule has 6 heteroatoms. The van der Waals surface area contributed by atoms with E-state index in [2.05, 4.69) is 60.4 Å². The van der Waals surface area contributed by atoms with Gasteiger partial charge in [-0.3, -0.25) is 0 Å². The van der Waals surface area contributed by atoms with Crippen LogP contribution in [-0.4, -0.2) is 41.2 Å². The Labute approximate surface area is 236 Å². The van der Waals surface area contributed by atoms with Crippen molar-refractivity contribution in [3.8, 4) is 23.0 Å². The summed E-state index contributed by atoms with van der Waals surface area (Å²) in [6.45, 7) is 17.0. The van der Waals surface area contributed by atoms with Gasteiger partial charge in [0.15, 0.2) is 0 Å². The number of para-hydroxylation sites is 1. The van der Waals surface area contributed by atoms with Gasteiger partial charge in [0, 0.05) is 23.1 Å². The Morgan fingerprint density at radius 3 is 2.13 bits per heavy atom. The number of hydrogen-bond donors (Lipinski definition) is 1. The number of phenolic OH excluding ortho intramolecular Hbond substituents is 1. The number of unbranched alkanes of at least 4 members (excludes halogenated alkanes) is 1. The third kappa shape index (κ3) is 8.78. The maximum Gasteiger partial charge on any atom is 0.226 e. The molecule has 0 saturated heterocycles. The summed E-state index contributed by atoms with van der Waals surface area (Å²) in [5, 5.41) is 11.1. The SMILES string of the molecule is CCN(C)CCCCC(Cc1coc(-c2cc(C(C)(C)C)c(O)c(C(C)(C)C)c2)n1)Oc1ccccc1.Cl. The largest absolute Gasteiger partial charge is 0.507 e. The molecular weight excluding hydrogens is 496 g/mol. The van der Waals surface area contributed by atoms with Crippen molar-refractivity contribution in [2.24, 2.45) is 0 Å². The molecule has 0 spiro atoms. The lowest BCUT2D eigenvalue weighted by Gasteiger charge is -2.27. The number of aromatic hydroxyl groups is 1. The number of ether oxygens (including phenoxy) is 1. The van der Waals surface area contributed by atoms with Crippen LogP contribution in [0, 0.1) is 0 Å². The lowest BCUT2D eigenvalue weighted by atomic mass is 9.78. The van der Waals surface area contributed by atoms with E-state index in [1.165, 1.54) is 0 Å². The number of phenols is 1. The highest BCUT2D eigenvalue weighted by Gasteiger charge is 2.28. The zero-order valence-corrected chi connectivity index (χ0v) is 25.3. The first-order chi connectivity index (χ1) is 17.4. The van der Waals surface area contributed by atoms with Crippen LogP contribution in [-0.2, 0) is 17.3 Å². The van der Waals surface area contributed by atoms with Crippen LogP contribution in [0.3, 0.4) is 0 Å². The van der Waals surface area contributed by atoms with Crippen LogP contribution in [0.5, 0.6) is 11.5 Å². The molecule has 3 rings (SSSR count). The average Bonchev–Trinajstić information content (AvgIpc) is 3.29. The highest BCUT2D eigenvalue weighted by Crippen LogP contribution is 2.41. The van der Waals surface area contributed by atoms with Crippen LogP contribution >= 0.6 is 12.4 Å². The fourth-order valence-electron chi connectivity index (χ4n) is 4.47. The van der Waals surface area contributed by atoms with Crippen molar-refractivity contribution in [2.45, 2.75) is 91.1 Å². The second kappa shape index (κ2) is 13.5. The molecule has 3 aromatic rings. The first-order valence-corrected chi connectivity index (χ1v) is 13.6. The molecule has 1 aromatic heterocycles. The molecule has 0 aliphatic rings. The first-order valence-electron chi connectivity index (χ1n) is 13.6. The van der Waals surface area contributed by atoms with Crippen molar-refractivity contribution in [1.82, 2.24) is 9.88 Å². The van der Waals surface area contributed by atoms with Crippen molar-refractivity contribution in [3.63, 3.8) is 0 Å². The third-order valence-corrected chi connectivity index (χ3v) is 6.86. The van der Waals surface area contributed by atoms with Crippen LogP contribution in [0.4, 0.5) is 0 Å². The van der Waals surface area contributed by atoms with Crippen LogP contribution in [0.15, 0.2) is 53.1 Å². The summed E-state index contributed by atoms with van der Waals surface area (Å²) in [5.41, 5.74) is 3.15. The quantitative estimate of drug-likeness (QED) is 0.247. The topological polar surface area (TPSA) is 58.7 Å². The maximum atomic E-state index is 11.1. The Morgan fingerprint density at radius 1 is 0.974 bits per heavy atom. The standard InChI is InChI=1S/C32H46N2O3.ClH/c1-9-34(8)18-14-13-17-26(37-25-15-11-10-12-16-25)21-24-22-36-30(33-24)23-19-27(31(2,3)4)29(35)28(20-23)32(5,6)7;/h10-12,15-16,19-20,22,26,35H,9,13-14,17-18,21H2,1-8H3;1H. The molecule has 0 amide bonds. The van der Waals surface area contributed by atoms with Gasteiger partial charge in [-0.05, 0) is 74.5 Å². The molecule has 0 fully saturated rings. The Hall–Kier alpha value is -2.50. The van der Waals surface area contributed by atoms with Crippen molar-refractivity contribution in [1.29, 1.82) is 0 Å². The summed E-state index contributed by atoms with van der Waals surface area (Å²) in [4.78, 5) is 7.21. The number of hydrogen-bond acceptors (Lipinski definition) is 5. The van der Waals surface area contributed by atoms with Crippen molar-refractivity contribution in [2.75, 3.05) is 20.1 Å². The summed E-state index contributed by atoms with van der Waals surface area (Å²) < 4.78 is 12.4. The minimum absolute atomic E-state index is 0. The van der Waals surface area contributed by atoms with Gasteiger partial charge in [0.1, 0.15) is 23.9 Å². The predicted molar refractivity (Wildman–Crippen MR) is 160 cm³/mol. The zero-order valence-electron chi connectivity index (χ0n) is 24.5. The average molecular weight is 543 g/mol. The second-order valence-electron chi connectivity index (χ2n) is 12.2. The molecule has 0 bridgehead atoms. The monoisotopic (exact) mass is 542 g/mol. The van der Waals surface area contributed by atoms with E-state index >= 15 is 0 Å². The minimum Gasteiger partial charge on any atom is -0.507 e. The highest BCUT2D eigenvalue weighted by molar-refractivity contribution is 5.85. The minimum atomic E-state index is -0.212.